The van der Waals surface area contributed by atoms with Crippen molar-refractivity contribution >= 4 is 5.69 Å². The SMILES string of the molecule is CN(CC1(C#N)COC1)c1cccc(F)c1. The molecule has 0 atom stereocenters. The van der Waals surface area contributed by atoms with Gasteiger partial charge in [0.2, 0.25) is 0 Å². The molecule has 1 aromatic carbocycles. The van der Waals surface area contributed by atoms with E-state index in [4.69, 9.17) is 10.00 Å². The summed E-state index contributed by atoms with van der Waals surface area (Å²) in [5, 5.41) is 9.06. The molecule has 0 spiro atoms. The molecule has 4 heteroatoms. The minimum Gasteiger partial charge on any atom is -0.378 e. The Morgan fingerprint density at radius 1 is 1.56 bits per heavy atom. The lowest BCUT2D eigenvalue weighted by atomic mass is 9.87. The number of halogens is 1. The normalized spacial score (nSPS) is 17.3. The van der Waals surface area contributed by atoms with E-state index in [2.05, 4.69) is 6.07 Å². The van der Waals surface area contributed by atoms with Gasteiger partial charge < -0.3 is 9.64 Å². The molecule has 1 fully saturated rings. The quantitative estimate of drug-likeness (QED) is 0.779. The molecular formula is C12H13FN2O. The van der Waals surface area contributed by atoms with Gasteiger partial charge in [0.25, 0.3) is 0 Å². The number of hydrogen-bond acceptors (Lipinski definition) is 3. The van der Waals surface area contributed by atoms with E-state index in [1.165, 1.54) is 12.1 Å². The standard InChI is InChI=1S/C12H13FN2O/c1-15(7-12(6-14)8-16-9-12)11-4-2-3-10(13)5-11/h2-5H,7-9H2,1H3. The van der Waals surface area contributed by atoms with Crippen molar-refractivity contribution in [3.05, 3.63) is 30.1 Å². The maximum atomic E-state index is 13.0. The summed E-state index contributed by atoms with van der Waals surface area (Å²) in [5.74, 6) is -0.264. The van der Waals surface area contributed by atoms with E-state index < -0.39 is 5.41 Å². The van der Waals surface area contributed by atoms with Gasteiger partial charge in [-0.3, -0.25) is 0 Å². The highest BCUT2D eigenvalue weighted by atomic mass is 19.1. The lowest BCUT2D eigenvalue weighted by Crippen LogP contribution is -2.49. The third-order valence-corrected chi connectivity index (χ3v) is 2.78. The fraction of sp³-hybridized carbons (Fsp3) is 0.417. The zero-order valence-electron chi connectivity index (χ0n) is 9.11. The molecule has 16 heavy (non-hydrogen) atoms. The maximum Gasteiger partial charge on any atom is 0.125 e. The number of hydrogen-bond donors (Lipinski definition) is 0. The maximum absolute atomic E-state index is 13.0. The summed E-state index contributed by atoms with van der Waals surface area (Å²) in [6, 6.07) is 8.63. The molecule has 0 bridgehead atoms. The highest BCUT2D eigenvalue weighted by molar-refractivity contribution is 5.46. The van der Waals surface area contributed by atoms with Crippen LogP contribution >= 0.6 is 0 Å². The second kappa shape index (κ2) is 4.11. The van der Waals surface area contributed by atoms with Crippen molar-refractivity contribution in [2.75, 3.05) is 31.7 Å². The van der Waals surface area contributed by atoms with Crippen molar-refractivity contribution in [2.24, 2.45) is 5.41 Å². The molecule has 0 unspecified atom stereocenters. The van der Waals surface area contributed by atoms with Crippen LogP contribution in [0, 0.1) is 22.6 Å². The average molecular weight is 220 g/mol. The van der Waals surface area contributed by atoms with Crippen LogP contribution in [-0.2, 0) is 4.74 Å². The summed E-state index contributed by atoms with van der Waals surface area (Å²) < 4.78 is 18.1. The molecule has 0 N–H and O–H groups in total. The molecule has 84 valence electrons. The van der Waals surface area contributed by atoms with E-state index in [1.54, 1.807) is 6.07 Å². The first-order chi connectivity index (χ1) is 7.65. The largest absolute Gasteiger partial charge is 0.378 e. The van der Waals surface area contributed by atoms with Gasteiger partial charge in [0.15, 0.2) is 0 Å². The predicted molar refractivity (Wildman–Crippen MR) is 58.5 cm³/mol. The molecule has 1 saturated heterocycles. The summed E-state index contributed by atoms with van der Waals surface area (Å²) in [5.41, 5.74) is 0.350. The van der Waals surface area contributed by atoms with Gasteiger partial charge in [-0.05, 0) is 18.2 Å². The Hall–Kier alpha value is -1.60. The molecule has 1 aliphatic rings. The zero-order chi connectivity index (χ0) is 11.6. The summed E-state index contributed by atoms with van der Waals surface area (Å²) >= 11 is 0. The Morgan fingerprint density at radius 3 is 2.81 bits per heavy atom. The summed E-state index contributed by atoms with van der Waals surface area (Å²) in [7, 11) is 1.85. The number of rotatable bonds is 3. The third kappa shape index (κ3) is 2.00. The molecular weight excluding hydrogens is 207 g/mol. The van der Waals surface area contributed by atoms with E-state index in [0.29, 0.717) is 19.8 Å². The minimum absolute atomic E-state index is 0.264. The van der Waals surface area contributed by atoms with E-state index in [9.17, 15) is 4.39 Å². The van der Waals surface area contributed by atoms with Crippen LogP contribution in [0.3, 0.4) is 0 Å². The van der Waals surface area contributed by atoms with Crippen LogP contribution in [0.5, 0.6) is 0 Å². The minimum atomic E-state index is -0.429. The van der Waals surface area contributed by atoms with Crippen LogP contribution in [0.1, 0.15) is 0 Å². The number of nitriles is 1. The Balaban J connectivity index is 2.08. The van der Waals surface area contributed by atoms with E-state index in [-0.39, 0.29) is 5.82 Å². The summed E-state index contributed by atoms with van der Waals surface area (Å²) in [4.78, 5) is 1.88. The topological polar surface area (TPSA) is 36.3 Å². The van der Waals surface area contributed by atoms with Crippen LogP contribution in [0.15, 0.2) is 24.3 Å². The van der Waals surface area contributed by atoms with Gasteiger partial charge in [-0.15, -0.1) is 0 Å². The van der Waals surface area contributed by atoms with Crippen molar-refractivity contribution in [3.8, 4) is 6.07 Å². The second-order valence-corrected chi connectivity index (χ2v) is 4.22. The second-order valence-electron chi connectivity index (χ2n) is 4.22. The molecule has 0 radical (unpaired) electrons. The lowest BCUT2D eigenvalue weighted by molar-refractivity contribution is -0.0716. The van der Waals surface area contributed by atoms with Gasteiger partial charge in [-0.2, -0.15) is 5.26 Å². The first kappa shape index (κ1) is 10.9. The highest BCUT2D eigenvalue weighted by Gasteiger charge is 2.40. The van der Waals surface area contributed by atoms with Gasteiger partial charge in [0.05, 0.1) is 19.3 Å². The van der Waals surface area contributed by atoms with Crippen molar-refractivity contribution in [2.45, 2.75) is 0 Å². The van der Waals surface area contributed by atoms with Crippen molar-refractivity contribution in [1.82, 2.24) is 0 Å². The molecule has 1 aliphatic heterocycles. The van der Waals surface area contributed by atoms with Crippen molar-refractivity contribution in [3.63, 3.8) is 0 Å². The fourth-order valence-corrected chi connectivity index (χ4v) is 1.80. The van der Waals surface area contributed by atoms with Crippen LogP contribution in [0.25, 0.3) is 0 Å². The van der Waals surface area contributed by atoms with E-state index >= 15 is 0 Å². The molecule has 0 aliphatic carbocycles. The number of anilines is 1. The van der Waals surface area contributed by atoms with Gasteiger partial charge >= 0.3 is 0 Å². The average Bonchev–Trinajstić information content (AvgIpc) is 2.23. The molecule has 2 rings (SSSR count). The van der Waals surface area contributed by atoms with Crippen LogP contribution < -0.4 is 4.90 Å². The predicted octanol–water partition coefficient (Wildman–Crippen LogP) is 1.80. The van der Waals surface area contributed by atoms with E-state index in [0.717, 1.165) is 5.69 Å². The summed E-state index contributed by atoms with van der Waals surface area (Å²) in [6.45, 7) is 1.49. The first-order valence-electron chi connectivity index (χ1n) is 5.11. The van der Waals surface area contributed by atoms with E-state index in [1.807, 2.05) is 18.0 Å². The smallest absolute Gasteiger partial charge is 0.125 e. The van der Waals surface area contributed by atoms with Gasteiger partial charge in [-0.1, -0.05) is 6.07 Å². The number of nitrogens with zero attached hydrogens (tertiary/aromatic N) is 2. The Morgan fingerprint density at radius 2 is 2.31 bits per heavy atom. The van der Waals surface area contributed by atoms with Crippen LogP contribution in [0.4, 0.5) is 10.1 Å². The first-order valence-corrected chi connectivity index (χ1v) is 5.11. The molecule has 0 aromatic heterocycles. The van der Waals surface area contributed by atoms with Gasteiger partial charge in [0.1, 0.15) is 11.2 Å². The Labute approximate surface area is 94.0 Å². The molecule has 0 amide bonds. The monoisotopic (exact) mass is 220 g/mol. The van der Waals surface area contributed by atoms with Gasteiger partial charge in [-0.25, -0.2) is 4.39 Å². The summed E-state index contributed by atoms with van der Waals surface area (Å²) in [6.07, 6.45) is 0. The Bertz CT molecular complexity index is 423. The Kier molecular flexibility index (Phi) is 2.80. The van der Waals surface area contributed by atoms with Crippen LogP contribution in [0.2, 0.25) is 0 Å². The lowest BCUT2D eigenvalue weighted by Gasteiger charge is -2.38. The van der Waals surface area contributed by atoms with Crippen LogP contribution in [-0.4, -0.2) is 26.8 Å². The molecule has 0 saturated carbocycles. The molecule has 3 nitrogen and oxygen atoms in total. The number of ether oxygens (including phenoxy) is 1. The van der Waals surface area contributed by atoms with Gasteiger partial charge in [0, 0.05) is 19.3 Å². The highest BCUT2D eigenvalue weighted by Crippen LogP contribution is 2.29. The van der Waals surface area contributed by atoms with Crippen molar-refractivity contribution < 1.29 is 9.13 Å². The zero-order valence-corrected chi connectivity index (χ0v) is 9.11. The fourth-order valence-electron chi connectivity index (χ4n) is 1.80. The molecule has 1 heterocycles. The third-order valence-electron chi connectivity index (χ3n) is 2.78. The number of benzene rings is 1. The molecule has 1 aromatic rings. The van der Waals surface area contributed by atoms with Crippen molar-refractivity contribution in [1.29, 1.82) is 5.26 Å².